The molecule has 144 valence electrons. The Balaban J connectivity index is 1.54. The Morgan fingerprint density at radius 2 is 2.18 bits per heavy atom. The van der Waals surface area contributed by atoms with E-state index in [2.05, 4.69) is 20.7 Å². The Morgan fingerprint density at radius 3 is 3.00 bits per heavy atom. The number of halogens is 1. The molecule has 1 aliphatic rings. The largest absolute Gasteiger partial charge is 0.490 e. The van der Waals surface area contributed by atoms with E-state index in [4.69, 9.17) is 4.74 Å². The number of nitrogens with zero attached hydrogens (tertiary/aromatic N) is 3. The smallest absolute Gasteiger partial charge is 0.320 e. The second kappa shape index (κ2) is 7.67. The Morgan fingerprint density at radius 1 is 1.29 bits per heavy atom. The molecule has 0 bridgehead atoms. The second-order valence-electron chi connectivity index (χ2n) is 6.57. The van der Waals surface area contributed by atoms with Crippen LogP contribution in [0.1, 0.15) is 30.1 Å². The number of ether oxygens (including phenoxy) is 1. The average molecular weight is 381 g/mol. The van der Waals surface area contributed by atoms with Crippen molar-refractivity contribution in [1.29, 1.82) is 0 Å². The van der Waals surface area contributed by atoms with Gasteiger partial charge >= 0.3 is 6.03 Å². The van der Waals surface area contributed by atoms with E-state index >= 15 is 0 Å². The Hall–Kier alpha value is -3.42. The van der Waals surface area contributed by atoms with Crippen molar-refractivity contribution in [3.63, 3.8) is 0 Å². The van der Waals surface area contributed by atoms with Gasteiger partial charge in [-0.3, -0.25) is 5.32 Å². The predicted octanol–water partition coefficient (Wildman–Crippen LogP) is 3.75. The number of hydrogen-bond donors (Lipinski definition) is 2. The summed E-state index contributed by atoms with van der Waals surface area (Å²) < 4.78 is 21.2. The minimum atomic E-state index is -0.421. The summed E-state index contributed by atoms with van der Waals surface area (Å²) in [4.78, 5) is 16.9. The van der Waals surface area contributed by atoms with E-state index in [-0.39, 0.29) is 11.8 Å². The molecule has 0 spiro atoms. The van der Waals surface area contributed by atoms with Crippen LogP contribution in [0.25, 0.3) is 5.82 Å². The lowest BCUT2D eigenvalue weighted by Crippen LogP contribution is -2.33. The quantitative estimate of drug-likeness (QED) is 0.724. The monoisotopic (exact) mass is 381 g/mol. The highest BCUT2D eigenvalue weighted by molar-refractivity contribution is 5.89. The summed E-state index contributed by atoms with van der Waals surface area (Å²) in [5.74, 6) is 0.884. The van der Waals surface area contributed by atoms with Crippen LogP contribution in [-0.2, 0) is 0 Å². The number of carbonyl (C=O) groups excluding carboxylic acids is 1. The zero-order chi connectivity index (χ0) is 19.5. The molecule has 0 aliphatic carbocycles. The first-order valence-electron chi connectivity index (χ1n) is 9.08. The molecule has 7 nitrogen and oxygen atoms in total. The number of fused-ring (bicyclic) bond motifs is 1. The zero-order valence-electron chi connectivity index (χ0n) is 15.4. The van der Waals surface area contributed by atoms with Crippen molar-refractivity contribution < 1.29 is 13.9 Å². The summed E-state index contributed by atoms with van der Waals surface area (Å²) in [5, 5.41) is 10.1. The number of pyridine rings is 1. The molecule has 1 unspecified atom stereocenters. The van der Waals surface area contributed by atoms with E-state index in [0.717, 1.165) is 5.69 Å². The van der Waals surface area contributed by atoms with Crippen LogP contribution >= 0.6 is 0 Å². The van der Waals surface area contributed by atoms with Gasteiger partial charge in [-0.05, 0) is 38.0 Å². The first-order valence-corrected chi connectivity index (χ1v) is 9.08. The SMILES string of the molecule is Cc1cc(NC(=O)NC2CCCOc3c(F)cccc32)n(-c2ccccn2)n1. The lowest BCUT2D eigenvalue weighted by molar-refractivity contribution is 0.247. The number of benzene rings is 1. The molecule has 4 rings (SSSR count). The first kappa shape index (κ1) is 18.0. The number of urea groups is 1. The Bertz CT molecular complexity index is 990. The maximum Gasteiger partial charge on any atom is 0.320 e. The van der Waals surface area contributed by atoms with Gasteiger partial charge in [0.2, 0.25) is 0 Å². The third-order valence-electron chi connectivity index (χ3n) is 4.50. The molecule has 2 aromatic heterocycles. The summed E-state index contributed by atoms with van der Waals surface area (Å²) in [6, 6.07) is 11.2. The molecule has 0 saturated heterocycles. The number of anilines is 1. The number of aromatic nitrogens is 3. The molecule has 3 heterocycles. The Labute approximate surface area is 161 Å². The van der Waals surface area contributed by atoms with Gasteiger partial charge in [-0.15, -0.1) is 0 Å². The van der Waals surface area contributed by atoms with E-state index in [0.29, 0.717) is 36.6 Å². The van der Waals surface area contributed by atoms with Gasteiger partial charge in [-0.2, -0.15) is 9.78 Å². The van der Waals surface area contributed by atoms with Crippen LogP contribution in [0, 0.1) is 12.7 Å². The normalized spacial score (nSPS) is 15.9. The van der Waals surface area contributed by atoms with Crippen molar-refractivity contribution >= 4 is 11.8 Å². The highest BCUT2D eigenvalue weighted by atomic mass is 19.1. The van der Waals surface area contributed by atoms with Gasteiger partial charge in [0.25, 0.3) is 0 Å². The molecule has 8 heteroatoms. The average Bonchev–Trinajstić information content (AvgIpc) is 2.92. The number of hydrogen-bond acceptors (Lipinski definition) is 4. The van der Waals surface area contributed by atoms with E-state index < -0.39 is 11.8 Å². The van der Waals surface area contributed by atoms with Crippen LogP contribution in [0.2, 0.25) is 0 Å². The van der Waals surface area contributed by atoms with Gasteiger partial charge < -0.3 is 10.1 Å². The molecule has 2 N–H and O–H groups in total. The number of rotatable bonds is 3. The van der Waals surface area contributed by atoms with Gasteiger partial charge in [0.15, 0.2) is 17.4 Å². The molecule has 0 fully saturated rings. The van der Waals surface area contributed by atoms with Crippen molar-refractivity contribution in [2.24, 2.45) is 0 Å². The molecule has 1 aromatic carbocycles. The minimum absolute atomic E-state index is 0.208. The van der Waals surface area contributed by atoms with Crippen LogP contribution in [0.4, 0.5) is 15.0 Å². The van der Waals surface area contributed by atoms with Crippen molar-refractivity contribution in [1.82, 2.24) is 20.1 Å². The van der Waals surface area contributed by atoms with E-state index in [1.165, 1.54) is 6.07 Å². The highest BCUT2D eigenvalue weighted by Crippen LogP contribution is 2.33. The standard InChI is InChI=1S/C20H20FN5O2/c1-13-12-18(26(25-13)17-9-2-3-10-22-17)24-20(27)23-16-8-5-11-28-19-14(16)6-4-7-15(19)21/h2-4,6-7,9-10,12,16H,5,8,11H2,1H3,(H2,23,24,27). The zero-order valence-corrected chi connectivity index (χ0v) is 15.4. The third kappa shape index (κ3) is 3.66. The maximum atomic E-state index is 14.1. The van der Waals surface area contributed by atoms with E-state index in [1.807, 2.05) is 19.1 Å². The van der Waals surface area contributed by atoms with Gasteiger partial charge in [0.1, 0.15) is 5.82 Å². The van der Waals surface area contributed by atoms with Crippen molar-refractivity contribution in [2.45, 2.75) is 25.8 Å². The second-order valence-corrected chi connectivity index (χ2v) is 6.57. The van der Waals surface area contributed by atoms with Crippen molar-refractivity contribution in [2.75, 3.05) is 11.9 Å². The first-order chi connectivity index (χ1) is 13.6. The predicted molar refractivity (Wildman–Crippen MR) is 102 cm³/mol. The number of nitrogens with one attached hydrogen (secondary N) is 2. The van der Waals surface area contributed by atoms with Gasteiger partial charge in [-0.1, -0.05) is 18.2 Å². The van der Waals surface area contributed by atoms with Gasteiger partial charge in [-0.25, -0.2) is 14.2 Å². The lowest BCUT2D eigenvalue weighted by atomic mass is 10.0. The highest BCUT2D eigenvalue weighted by Gasteiger charge is 2.24. The molecule has 0 saturated carbocycles. The Kier molecular flexibility index (Phi) is 4.92. The third-order valence-corrected chi connectivity index (χ3v) is 4.50. The summed E-state index contributed by atoms with van der Waals surface area (Å²) >= 11 is 0. The van der Waals surface area contributed by atoms with Gasteiger partial charge in [0.05, 0.1) is 18.3 Å². The topological polar surface area (TPSA) is 81.1 Å². The number of para-hydroxylation sites is 1. The summed E-state index contributed by atoms with van der Waals surface area (Å²) in [6.07, 6.45) is 3.03. The molecule has 1 aliphatic heterocycles. The molecule has 3 aromatic rings. The molecular formula is C20H20FN5O2. The van der Waals surface area contributed by atoms with Crippen LogP contribution in [0.3, 0.4) is 0 Å². The fourth-order valence-electron chi connectivity index (χ4n) is 3.27. The van der Waals surface area contributed by atoms with E-state index in [9.17, 15) is 9.18 Å². The lowest BCUT2D eigenvalue weighted by Gasteiger charge is -2.19. The maximum absolute atomic E-state index is 14.1. The fourth-order valence-corrected chi connectivity index (χ4v) is 3.27. The van der Waals surface area contributed by atoms with Crippen LogP contribution in [-0.4, -0.2) is 27.4 Å². The molecule has 1 atom stereocenters. The molecular weight excluding hydrogens is 361 g/mol. The van der Waals surface area contributed by atoms with Crippen molar-refractivity contribution in [3.8, 4) is 11.6 Å². The summed E-state index contributed by atoms with van der Waals surface area (Å²) in [5.41, 5.74) is 1.39. The van der Waals surface area contributed by atoms with E-state index in [1.54, 1.807) is 35.1 Å². The van der Waals surface area contributed by atoms with Crippen LogP contribution < -0.4 is 15.4 Å². The van der Waals surface area contributed by atoms with Crippen molar-refractivity contribution in [3.05, 3.63) is 65.7 Å². The fraction of sp³-hybridized carbons (Fsp3) is 0.250. The van der Waals surface area contributed by atoms with Crippen LogP contribution in [0.5, 0.6) is 5.75 Å². The molecule has 2 amide bonds. The van der Waals surface area contributed by atoms with Crippen LogP contribution in [0.15, 0.2) is 48.7 Å². The number of amides is 2. The minimum Gasteiger partial charge on any atom is -0.490 e. The summed E-state index contributed by atoms with van der Waals surface area (Å²) in [6.45, 7) is 2.25. The number of aryl methyl sites for hydroxylation is 1. The molecule has 0 radical (unpaired) electrons. The summed E-state index contributed by atoms with van der Waals surface area (Å²) in [7, 11) is 0. The molecule has 28 heavy (non-hydrogen) atoms. The van der Waals surface area contributed by atoms with Gasteiger partial charge in [0, 0.05) is 17.8 Å². The number of carbonyl (C=O) groups is 1.